The Morgan fingerprint density at radius 1 is 1.31 bits per heavy atom. The van der Waals surface area contributed by atoms with Gasteiger partial charge >= 0.3 is 0 Å². The minimum atomic E-state index is 0.625. The van der Waals surface area contributed by atoms with Crippen LogP contribution in [-0.4, -0.2) is 61.2 Å². The van der Waals surface area contributed by atoms with Gasteiger partial charge in [0.1, 0.15) is 0 Å². The van der Waals surface area contributed by atoms with Gasteiger partial charge in [0.05, 0.1) is 0 Å². The highest BCUT2D eigenvalue weighted by Crippen LogP contribution is 2.09. The quantitative estimate of drug-likeness (QED) is 0.740. The molecule has 1 N–H and O–H groups in total. The molecule has 0 bridgehead atoms. The van der Waals surface area contributed by atoms with E-state index in [-0.39, 0.29) is 0 Å². The van der Waals surface area contributed by atoms with Crippen LogP contribution in [0.1, 0.15) is 34.1 Å². The SMILES string of the molecule is CCCNC(C)CN1CCN(CC)C(C)C1. The van der Waals surface area contributed by atoms with Gasteiger partial charge in [0.2, 0.25) is 0 Å². The molecule has 3 nitrogen and oxygen atoms in total. The first-order chi connectivity index (χ1) is 7.67. The van der Waals surface area contributed by atoms with Gasteiger partial charge in [-0.3, -0.25) is 9.80 Å². The summed E-state index contributed by atoms with van der Waals surface area (Å²) in [5, 5.41) is 3.56. The summed E-state index contributed by atoms with van der Waals surface area (Å²) >= 11 is 0. The van der Waals surface area contributed by atoms with Crippen molar-refractivity contribution in [3.63, 3.8) is 0 Å². The van der Waals surface area contributed by atoms with Gasteiger partial charge in [0.25, 0.3) is 0 Å². The molecule has 1 heterocycles. The largest absolute Gasteiger partial charge is 0.313 e. The third kappa shape index (κ3) is 4.40. The van der Waals surface area contributed by atoms with Crippen molar-refractivity contribution < 1.29 is 0 Å². The van der Waals surface area contributed by atoms with E-state index in [4.69, 9.17) is 0 Å². The lowest BCUT2D eigenvalue weighted by molar-refractivity contribution is 0.0826. The molecule has 1 saturated heterocycles. The Hall–Kier alpha value is -0.120. The van der Waals surface area contributed by atoms with Gasteiger partial charge in [-0.1, -0.05) is 13.8 Å². The van der Waals surface area contributed by atoms with Crippen LogP contribution >= 0.6 is 0 Å². The van der Waals surface area contributed by atoms with Crippen molar-refractivity contribution in [2.24, 2.45) is 0 Å². The Bertz CT molecular complexity index is 184. The maximum absolute atomic E-state index is 3.56. The topological polar surface area (TPSA) is 18.5 Å². The van der Waals surface area contributed by atoms with Crippen LogP contribution in [0.3, 0.4) is 0 Å². The summed E-state index contributed by atoms with van der Waals surface area (Å²) in [7, 11) is 0. The van der Waals surface area contributed by atoms with Gasteiger partial charge in [-0.05, 0) is 33.4 Å². The summed E-state index contributed by atoms with van der Waals surface area (Å²) in [6.45, 7) is 16.4. The summed E-state index contributed by atoms with van der Waals surface area (Å²) < 4.78 is 0. The van der Waals surface area contributed by atoms with Crippen molar-refractivity contribution in [3.8, 4) is 0 Å². The van der Waals surface area contributed by atoms with Crippen LogP contribution in [0.2, 0.25) is 0 Å². The van der Waals surface area contributed by atoms with Crippen molar-refractivity contribution in [2.75, 3.05) is 39.3 Å². The van der Waals surface area contributed by atoms with Gasteiger partial charge in [-0.2, -0.15) is 0 Å². The molecular formula is C13H29N3. The standard InChI is InChI=1S/C13H29N3/c1-5-7-14-12(3)10-15-8-9-16(6-2)13(4)11-15/h12-14H,5-11H2,1-4H3. The van der Waals surface area contributed by atoms with Gasteiger partial charge in [0.15, 0.2) is 0 Å². The first-order valence-corrected chi connectivity index (χ1v) is 6.87. The van der Waals surface area contributed by atoms with E-state index in [2.05, 4.69) is 42.8 Å². The second kappa shape index (κ2) is 7.25. The summed E-state index contributed by atoms with van der Waals surface area (Å²) in [4.78, 5) is 5.17. The molecule has 0 amide bonds. The predicted molar refractivity (Wildman–Crippen MR) is 70.9 cm³/mol. The first kappa shape index (κ1) is 13.9. The van der Waals surface area contributed by atoms with Crippen molar-refractivity contribution >= 4 is 0 Å². The van der Waals surface area contributed by atoms with E-state index in [0.29, 0.717) is 6.04 Å². The summed E-state index contributed by atoms with van der Waals surface area (Å²) in [6.07, 6.45) is 1.23. The highest BCUT2D eigenvalue weighted by molar-refractivity contribution is 4.80. The normalized spacial score (nSPS) is 25.9. The minimum absolute atomic E-state index is 0.625. The van der Waals surface area contributed by atoms with Gasteiger partial charge in [-0.25, -0.2) is 0 Å². The van der Waals surface area contributed by atoms with E-state index in [9.17, 15) is 0 Å². The Morgan fingerprint density at radius 3 is 2.62 bits per heavy atom. The molecule has 96 valence electrons. The van der Waals surface area contributed by atoms with Crippen LogP contribution in [-0.2, 0) is 0 Å². The van der Waals surface area contributed by atoms with Crippen molar-refractivity contribution in [2.45, 2.75) is 46.2 Å². The molecule has 0 aromatic rings. The third-order valence-electron chi connectivity index (χ3n) is 3.53. The molecule has 1 aliphatic rings. The molecule has 16 heavy (non-hydrogen) atoms. The van der Waals surface area contributed by atoms with Crippen molar-refractivity contribution in [3.05, 3.63) is 0 Å². The second-order valence-corrected chi connectivity index (χ2v) is 5.09. The van der Waals surface area contributed by atoms with E-state index in [0.717, 1.165) is 12.6 Å². The number of nitrogens with one attached hydrogen (secondary N) is 1. The number of hydrogen-bond acceptors (Lipinski definition) is 3. The van der Waals surface area contributed by atoms with E-state index < -0.39 is 0 Å². The Balaban J connectivity index is 2.24. The van der Waals surface area contributed by atoms with Crippen LogP contribution in [0, 0.1) is 0 Å². The van der Waals surface area contributed by atoms with Crippen molar-refractivity contribution in [1.29, 1.82) is 0 Å². The van der Waals surface area contributed by atoms with E-state index in [1.807, 2.05) is 0 Å². The fourth-order valence-electron chi connectivity index (χ4n) is 2.55. The molecule has 3 heteroatoms. The third-order valence-corrected chi connectivity index (χ3v) is 3.53. The fourth-order valence-corrected chi connectivity index (χ4v) is 2.55. The molecule has 2 atom stereocenters. The predicted octanol–water partition coefficient (Wildman–Crippen LogP) is 1.40. The molecule has 0 aromatic heterocycles. The second-order valence-electron chi connectivity index (χ2n) is 5.09. The van der Waals surface area contributed by atoms with Crippen LogP contribution in [0.25, 0.3) is 0 Å². The van der Waals surface area contributed by atoms with E-state index in [1.165, 1.54) is 39.1 Å². The Kier molecular flexibility index (Phi) is 6.32. The number of piperazine rings is 1. The summed E-state index contributed by atoms with van der Waals surface area (Å²) in [5.74, 6) is 0. The number of nitrogens with zero attached hydrogens (tertiary/aromatic N) is 2. The molecule has 0 spiro atoms. The van der Waals surface area contributed by atoms with Crippen molar-refractivity contribution in [1.82, 2.24) is 15.1 Å². The highest BCUT2D eigenvalue weighted by Gasteiger charge is 2.22. The average molecular weight is 227 g/mol. The average Bonchev–Trinajstić information content (AvgIpc) is 2.26. The van der Waals surface area contributed by atoms with Crippen LogP contribution in [0.4, 0.5) is 0 Å². The smallest absolute Gasteiger partial charge is 0.0195 e. The van der Waals surface area contributed by atoms with Crippen LogP contribution < -0.4 is 5.32 Å². The van der Waals surface area contributed by atoms with E-state index >= 15 is 0 Å². The zero-order chi connectivity index (χ0) is 12.0. The minimum Gasteiger partial charge on any atom is -0.313 e. The molecule has 1 rings (SSSR count). The molecule has 2 unspecified atom stereocenters. The molecule has 0 aromatic carbocycles. The molecule has 0 saturated carbocycles. The molecule has 1 fully saturated rings. The zero-order valence-electron chi connectivity index (χ0n) is 11.5. The van der Waals surface area contributed by atoms with Crippen LogP contribution in [0.5, 0.6) is 0 Å². The maximum atomic E-state index is 3.56. The van der Waals surface area contributed by atoms with E-state index in [1.54, 1.807) is 0 Å². The van der Waals surface area contributed by atoms with Gasteiger partial charge < -0.3 is 5.32 Å². The number of rotatable bonds is 6. The Labute approximate surface area is 101 Å². The lowest BCUT2D eigenvalue weighted by Crippen LogP contribution is -2.54. The molecule has 0 aliphatic carbocycles. The highest BCUT2D eigenvalue weighted by atomic mass is 15.3. The fraction of sp³-hybridized carbons (Fsp3) is 1.00. The number of hydrogen-bond donors (Lipinski definition) is 1. The zero-order valence-corrected chi connectivity index (χ0v) is 11.5. The lowest BCUT2D eigenvalue weighted by atomic mass is 10.1. The van der Waals surface area contributed by atoms with Crippen LogP contribution in [0.15, 0.2) is 0 Å². The molecule has 1 aliphatic heterocycles. The molecular weight excluding hydrogens is 198 g/mol. The summed E-state index contributed by atoms with van der Waals surface area (Å²) in [5.41, 5.74) is 0. The summed E-state index contributed by atoms with van der Waals surface area (Å²) in [6, 6.07) is 1.34. The maximum Gasteiger partial charge on any atom is 0.0195 e. The monoisotopic (exact) mass is 227 g/mol. The Morgan fingerprint density at radius 2 is 2.06 bits per heavy atom. The van der Waals surface area contributed by atoms with Gasteiger partial charge in [-0.15, -0.1) is 0 Å². The number of likely N-dealkylation sites (N-methyl/N-ethyl adjacent to an activating group) is 1. The van der Waals surface area contributed by atoms with Gasteiger partial charge in [0, 0.05) is 38.3 Å². The lowest BCUT2D eigenvalue weighted by Gasteiger charge is -2.40. The first-order valence-electron chi connectivity index (χ1n) is 6.87. The molecule has 0 radical (unpaired) electrons.